The highest BCUT2D eigenvalue weighted by molar-refractivity contribution is 5.92. The number of pyridine rings is 2. The topological polar surface area (TPSA) is 114 Å². The standard InChI is InChI=1S/C23H19F2N5O4/c1-26-22(31)16-6-2-11(8-27-16)34-12-3-7-17(28-9-12)29-23(32)30-20-13-10-33-21-15(25)5-4-14(24)19(21)18(13)20/h2-9,13,18,20H,10H2,1H3,(H,26,31)(H2,28,29,30,32)/t13-,18+,20+/m0/s1. The van der Waals surface area contributed by atoms with Crippen LogP contribution in [0.4, 0.5) is 19.4 Å². The number of nitrogens with one attached hydrogen (secondary N) is 3. The number of fused-ring (bicyclic) bond motifs is 3. The largest absolute Gasteiger partial charge is 0.490 e. The molecule has 3 aromatic rings. The first-order valence-electron chi connectivity index (χ1n) is 10.4. The number of hydrogen-bond acceptors (Lipinski definition) is 6. The quantitative estimate of drug-likeness (QED) is 0.531. The van der Waals surface area contributed by atoms with Crippen LogP contribution in [-0.4, -0.2) is 41.6 Å². The summed E-state index contributed by atoms with van der Waals surface area (Å²) in [5.74, 6) is -0.922. The molecule has 1 saturated carbocycles. The van der Waals surface area contributed by atoms with E-state index in [9.17, 15) is 18.4 Å². The molecule has 1 fully saturated rings. The van der Waals surface area contributed by atoms with Gasteiger partial charge >= 0.3 is 6.03 Å². The van der Waals surface area contributed by atoms with Gasteiger partial charge in [-0.05, 0) is 36.4 Å². The van der Waals surface area contributed by atoms with Crippen LogP contribution in [0.25, 0.3) is 0 Å². The second kappa shape index (κ2) is 8.58. The third-order valence-corrected chi connectivity index (χ3v) is 5.72. The first kappa shape index (κ1) is 21.6. The molecule has 0 unspecified atom stereocenters. The van der Waals surface area contributed by atoms with Crippen molar-refractivity contribution >= 4 is 17.8 Å². The van der Waals surface area contributed by atoms with Crippen LogP contribution in [0.15, 0.2) is 48.8 Å². The molecule has 3 amide bonds. The van der Waals surface area contributed by atoms with E-state index < -0.39 is 17.7 Å². The van der Waals surface area contributed by atoms with Gasteiger partial charge in [0.05, 0.1) is 19.0 Å². The third kappa shape index (κ3) is 4.07. The summed E-state index contributed by atoms with van der Waals surface area (Å²) < 4.78 is 39.2. The summed E-state index contributed by atoms with van der Waals surface area (Å²) in [6, 6.07) is 7.49. The van der Waals surface area contributed by atoms with E-state index in [1.165, 1.54) is 25.5 Å². The number of ether oxygens (including phenoxy) is 2. The molecule has 0 saturated heterocycles. The molecule has 0 radical (unpaired) electrons. The maximum atomic E-state index is 14.2. The number of amides is 3. The van der Waals surface area contributed by atoms with Gasteiger partial charge in [-0.25, -0.2) is 23.5 Å². The molecule has 5 rings (SSSR count). The minimum atomic E-state index is -0.616. The maximum absolute atomic E-state index is 14.2. The van der Waals surface area contributed by atoms with Crippen molar-refractivity contribution in [1.82, 2.24) is 20.6 Å². The van der Waals surface area contributed by atoms with E-state index >= 15 is 0 Å². The van der Waals surface area contributed by atoms with E-state index in [-0.39, 0.29) is 53.2 Å². The number of halogens is 2. The van der Waals surface area contributed by atoms with Crippen molar-refractivity contribution in [2.24, 2.45) is 5.92 Å². The Bertz CT molecular complexity index is 1250. The van der Waals surface area contributed by atoms with E-state index in [0.29, 0.717) is 11.5 Å². The van der Waals surface area contributed by atoms with E-state index in [1.54, 1.807) is 18.2 Å². The molecule has 0 spiro atoms. The molecule has 3 heterocycles. The molecule has 1 aliphatic heterocycles. The Kier molecular flexibility index (Phi) is 5.44. The van der Waals surface area contributed by atoms with Gasteiger partial charge in [0.15, 0.2) is 11.6 Å². The minimum Gasteiger partial charge on any atom is -0.490 e. The average Bonchev–Trinajstić information content (AvgIpc) is 3.54. The Hall–Kier alpha value is -4.28. The second-order valence-electron chi connectivity index (χ2n) is 7.84. The van der Waals surface area contributed by atoms with Crippen molar-refractivity contribution in [3.63, 3.8) is 0 Å². The van der Waals surface area contributed by atoms with Crippen LogP contribution >= 0.6 is 0 Å². The van der Waals surface area contributed by atoms with Crippen LogP contribution in [0.3, 0.4) is 0 Å². The first-order chi connectivity index (χ1) is 16.4. The summed E-state index contributed by atoms with van der Waals surface area (Å²) in [6.07, 6.45) is 2.83. The number of rotatable bonds is 5. The zero-order valence-corrected chi connectivity index (χ0v) is 17.8. The van der Waals surface area contributed by atoms with Crippen molar-refractivity contribution in [3.8, 4) is 17.2 Å². The van der Waals surface area contributed by atoms with Crippen molar-refractivity contribution < 1.29 is 27.8 Å². The van der Waals surface area contributed by atoms with Gasteiger partial charge in [-0.1, -0.05) is 0 Å². The molecule has 9 nitrogen and oxygen atoms in total. The number of carbonyl (C=O) groups is 2. The summed E-state index contributed by atoms with van der Waals surface area (Å²) in [5.41, 5.74) is 0.427. The summed E-state index contributed by atoms with van der Waals surface area (Å²) in [4.78, 5) is 32.1. The number of nitrogens with zero attached hydrogens (tertiary/aromatic N) is 2. The van der Waals surface area contributed by atoms with E-state index in [0.717, 1.165) is 12.1 Å². The fourth-order valence-electron chi connectivity index (χ4n) is 4.01. The molecule has 3 atom stereocenters. The van der Waals surface area contributed by atoms with Gasteiger partial charge in [0.25, 0.3) is 5.91 Å². The zero-order valence-electron chi connectivity index (χ0n) is 17.8. The summed E-state index contributed by atoms with van der Waals surface area (Å²) in [7, 11) is 1.52. The van der Waals surface area contributed by atoms with Gasteiger partial charge in [-0.2, -0.15) is 0 Å². The molecule has 1 aromatic carbocycles. The van der Waals surface area contributed by atoms with Crippen LogP contribution in [0.1, 0.15) is 22.0 Å². The molecule has 0 bridgehead atoms. The molecule has 11 heteroatoms. The van der Waals surface area contributed by atoms with Crippen LogP contribution in [-0.2, 0) is 0 Å². The number of benzene rings is 1. The van der Waals surface area contributed by atoms with Gasteiger partial charge in [0, 0.05) is 30.5 Å². The smallest absolute Gasteiger partial charge is 0.320 e. The molecule has 3 N–H and O–H groups in total. The lowest BCUT2D eigenvalue weighted by Crippen LogP contribution is -2.32. The Morgan fingerprint density at radius 3 is 2.44 bits per heavy atom. The van der Waals surface area contributed by atoms with Gasteiger partial charge in [0.1, 0.15) is 28.8 Å². The molecule has 34 heavy (non-hydrogen) atoms. The van der Waals surface area contributed by atoms with Gasteiger partial charge in [-0.3, -0.25) is 10.1 Å². The number of hydrogen-bond donors (Lipinski definition) is 3. The van der Waals surface area contributed by atoms with Gasteiger partial charge in [0.2, 0.25) is 0 Å². The lowest BCUT2D eigenvalue weighted by atomic mass is 10.0. The summed E-state index contributed by atoms with van der Waals surface area (Å²) in [5, 5.41) is 7.86. The molecule has 174 valence electrons. The van der Waals surface area contributed by atoms with Crippen LogP contribution in [0.5, 0.6) is 17.2 Å². The zero-order chi connectivity index (χ0) is 23.8. The highest BCUT2D eigenvalue weighted by atomic mass is 19.1. The third-order valence-electron chi connectivity index (χ3n) is 5.72. The Morgan fingerprint density at radius 1 is 1.03 bits per heavy atom. The maximum Gasteiger partial charge on any atom is 0.320 e. The van der Waals surface area contributed by atoms with Crippen molar-refractivity contribution in [2.45, 2.75) is 12.0 Å². The number of carbonyl (C=O) groups excluding carboxylic acids is 2. The molecule has 2 aromatic heterocycles. The highest BCUT2D eigenvalue weighted by Crippen LogP contribution is 2.55. The van der Waals surface area contributed by atoms with Crippen LogP contribution in [0.2, 0.25) is 0 Å². The lowest BCUT2D eigenvalue weighted by Gasteiger charge is -2.16. The Balaban J connectivity index is 1.17. The van der Waals surface area contributed by atoms with Gasteiger partial charge in [-0.15, -0.1) is 0 Å². The average molecular weight is 467 g/mol. The molecular weight excluding hydrogens is 448 g/mol. The molecule has 1 aliphatic carbocycles. The fraction of sp³-hybridized carbons (Fsp3) is 0.217. The normalized spacial score (nSPS) is 19.7. The fourth-order valence-corrected chi connectivity index (χ4v) is 4.01. The number of urea groups is 1. The van der Waals surface area contributed by atoms with Crippen LogP contribution < -0.4 is 25.4 Å². The highest BCUT2D eigenvalue weighted by Gasteiger charge is 2.57. The predicted molar refractivity (Wildman–Crippen MR) is 116 cm³/mol. The van der Waals surface area contributed by atoms with Crippen LogP contribution in [0, 0.1) is 17.6 Å². The summed E-state index contributed by atoms with van der Waals surface area (Å²) >= 11 is 0. The van der Waals surface area contributed by atoms with E-state index in [1.807, 2.05) is 0 Å². The van der Waals surface area contributed by atoms with E-state index in [4.69, 9.17) is 9.47 Å². The second-order valence-corrected chi connectivity index (χ2v) is 7.84. The van der Waals surface area contributed by atoms with Crippen molar-refractivity contribution in [1.29, 1.82) is 0 Å². The summed E-state index contributed by atoms with van der Waals surface area (Å²) in [6.45, 7) is 0.201. The lowest BCUT2D eigenvalue weighted by molar-refractivity contribution is 0.0958. The van der Waals surface area contributed by atoms with E-state index in [2.05, 4.69) is 25.9 Å². The van der Waals surface area contributed by atoms with Crippen molar-refractivity contribution in [3.05, 3.63) is 71.7 Å². The molecular formula is C23H19F2N5O4. The first-order valence-corrected chi connectivity index (χ1v) is 10.4. The number of aromatic nitrogens is 2. The monoisotopic (exact) mass is 467 g/mol. The SMILES string of the molecule is CNC(=O)c1ccc(Oc2ccc(NC(=O)N[C@@H]3[C@H]4COc5c(F)ccc(F)c5[C@@H]43)nc2)cn1. The predicted octanol–water partition coefficient (Wildman–Crippen LogP) is 3.20. The van der Waals surface area contributed by atoms with Gasteiger partial charge < -0.3 is 20.1 Å². The Labute approximate surface area is 192 Å². The number of anilines is 1. The Morgan fingerprint density at radius 2 is 1.76 bits per heavy atom. The van der Waals surface area contributed by atoms with Crippen molar-refractivity contribution in [2.75, 3.05) is 19.0 Å². The minimum absolute atomic E-state index is 0.0818. The molecule has 2 aliphatic rings.